The minimum absolute atomic E-state index is 0.0426. The van der Waals surface area contributed by atoms with E-state index in [0.29, 0.717) is 13.2 Å². The maximum atomic E-state index is 12.3. The maximum absolute atomic E-state index is 12.3. The van der Waals surface area contributed by atoms with Crippen LogP contribution in [-0.2, 0) is 11.3 Å². The van der Waals surface area contributed by atoms with Gasteiger partial charge in [-0.3, -0.25) is 14.7 Å². The molecule has 7 heteroatoms. The van der Waals surface area contributed by atoms with E-state index in [1.165, 1.54) is 5.56 Å². The third kappa shape index (κ3) is 6.92. The molecule has 2 N–H and O–H groups in total. The molecule has 0 saturated carbocycles. The molecule has 1 saturated heterocycles. The van der Waals surface area contributed by atoms with Crippen molar-refractivity contribution in [3.8, 4) is 5.75 Å². The smallest absolute Gasteiger partial charge is 0.239 e. The van der Waals surface area contributed by atoms with Crippen LogP contribution in [0, 0.1) is 6.92 Å². The quantitative estimate of drug-likeness (QED) is 0.375. The van der Waals surface area contributed by atoms with Gasteiger partial charge < -0.3 is 20.3 Å². The summed E-state index contributed by atoms with van der Waals surface area (Å²) in [6.45, 7) is 8.10. The number of rotatable bonds is 9. The average molecular weight is 404 g/mol. The van der Waals surface area contributed by atoms with Crippen LogP contribution in [0.15, 0.2) is 23.2 Å². The number of ether oxygens (including phenoxy) is 1. The van der Waals surface area contributed by atoms with Crippen molar-refractivity contribution in [1.29, 1.82) is 0 Å². The first-order chi connectivity index (χ1) is 14.0. The number of amides is 1. The molecule has 1 atom stereocenters. The van der Waals surface area contributed by atoms with E-state index in [-0.39, 0.29) is 11.9 Å². The van der Waals surface area contributed by atoms with E-state index in [4.69, 9.17) is 4.74 Å². The summed E-state index contributed by atoms with van der Waals surface area (Å²) in [4.78, 5) is 20.6. The topological polar surface area (TPSA) is 69.2 Å². The van der Waals surface area contributed by atoms with Gasteiger partial charge in [-0.15, -0.1) is 0 Å². The minimum atomic E-state index is 0.0426. The van der Waals surface area contributed by atoms with Crippen molar-refractivity contribution in [1.82, 2.24) is 20.4 Å². The highest BCUT2D eigenvalue weighted by Gasteiger charge is 2.30. The number of likely N-dealkylation sites (tertiary alicyclic amines) is 1. The summed E-state index contributed by atoms with van der Waals surface area (Å²) in [7, 11) is 5.45. The van der Waals surface area contributed by atoms with Crippen LogP contribution < -0.4 is 15.4 Å². The Morgan fingerprint density at radius 2 is 2.14 bits per heavy atom. The van der Waals surface area contributed by atoms with Gasteiger partial charge in [-0.1, -0.05) is 12.1 Å². The van der Waals surface area contributed by atoms with Gasteiger partial charge in [0.1, 0.15) is 5.75 Å². The van der Waals surface area contributed by atoms with Gasteiger partial charge in [0.2, 0.25) is 5.91 Å². The Bertz CT molecular complexity index is 690. The standard InChI is InChI=1S/C22H37N5O2/c1-6-29-20-15-17(2)10-11-18(20)16-25-22(23-3)24-12-8-14-27-13-7-9-19(27)21(28)26(4)5/h10-11,15,19H,6-9,12-14,16H2,1-5H3,(H2,23,24,25). The predicted molar refractivity (Wildman–Crippen MR) is 118 cm³/mol. The number of hydrogen-bond donors (Lipinski definition) is 2. The first kappa shape index (κ1) is 23.0. The lowest BCUT2D eigenvalue weighted by molar-refractivity contribution is -0.133. The van der Waals surface area contributed by atoms with Crippen molar-refractivity contribution >= 4 is 11.9 Å². The van der Waals surface area contributed by atoms with Crippen molar-refractivity contribution in [3.05, 3.63) is 29.3 Å². The van der Waals surface area contributed by atoms with E-state index in [1.807, 2.05) is 21.0 Å². The molecule has 1 aromatic rings. The Kier molecular flexibility index (Phi) is 9.25. The Morgan fingerprint density at radius 1 is 1.34 bits per heavy atom. The summed E-state index contributed by atoms with van der Waals surface area (Å²) in [5.74, 6) is 1.91. The molecule has 1 aliphatic heterocycles. The Balaban J connectivity index is 1.76. The Labute approximate surface area is 175 Å². The van der Waals surface area contributed by atoms with Crippen molar-refractivity contribution in [2.24, 2.45) is 4.99 Å². The fourth-order valence-corrected chi connectivity index (χ4v) is 3.66. The lowest BCUT2D eigenvalue weighted by Crippen LogP contribution is -2.44. The largest absolute Gasteiger partial charge is 0.494 e. The second-order valence-electron chi connectivity index (χ2n) is 7.68. The van der Waals surface area contributed by atoms with Gasteiger partial charge in [0, 0.05) is 46.3 Å². The number of carbonyl (C=O) groups is 1. The SMILES string of the molecule is CCOc1cc(C)ccc1CNC(=NC)NCCCN1CCCC1C(=O)N(C)C. The van der Waals surface area contributed by atoms with E-state index in [0.717, 1.165) is 56.2 Å². The molecule has 1 aromatic carbocycles. The molecule has 7 nitrogen and oxygen atoms in total. The molecule has 1 unspecified atom stereocenters. The number of guanidine groups is 1. The fourth-order valence-electron chi connectivity index (χ4n) is 3.66. The third-order valence-electron chi connectivity index (χ3n) is 5.20. The number of aliphatic imine (C=N–C) groups is 1. The molecule has 2 rings (SSSR count). The first-order valence-electron chi connectivity index (χ1n) is 10.6. The molecule has 1 amide bonds. The van der Waals surface area contributed by atoms with Gasteiger partial charge >= 0.3 is 0 Å². The van der Waals surface area contributed by atoms with Crippen molar-refractivity contribution in [3.63, 3.8) is 0 Å². The zero-order valence-electron chi connectivity index (χ0n) is 18.6. The third-order valence-corrected chi connectivity index (χ3v) is 5.20. The molecule has 0 aromatic heterocycles. The van der Waals surface area contributed by atoms with Gasteiger partial charge in [0.25, 0.3) is 0 Å². The minimum Gasteiger partial charge on any atom is -0.494 e. The molecule has 0 spiro atoms. The normalized spacial score (nSPS) is 17.3. The summed E-state index contributed by atoms with van der Waals surface area (Å²) in [6.07, 6.45) is 3.03. The lowest BCUT2D eigenvalue weighted by Gasteiger charge is -2.26. The molecular weight excluding hydrogens is 366 g/mol. The zero-order valence-corrected chi connectivity index (χ0v) is 18.6. The summed E-state index contributed by atoms with van der Waals surface area (Å²) in [5, 5.41) is 6.73. The Hall–Kier alpha value is -2.28. The van der Waals surface area contributed by atoms with Crippen LogP contribution in [0.25, 0.3) is 0 Å². The van der Waals surface area contributed by atoms with Gasteiger partial charge in [0.15, 0.2) is 5.96 Å². The fraction of sp³-hybridized carbons (Fsp3) is 0.636. The molecule has 0 radical (unpaired) electrons. The molecule has 0 aliphatic carbocycles. The van der Waals surface area contributed by atoms with Crippen LogP contribution in [0.5, 0.6) is 5.75 Å². The van der Waals surface area contributed by atoms with E-state index in [1.54, 1.807) is 11.9 Å². The number of benzene rings is 1. The average Bonchev–Trinajstić information content (AvgIpc) is 3.16. The second-order valence-corrected chi connectivity index (χ2v) is 7.68. The van der Waals surface area contributed by atoms with Crippen molar-refractivity contribution < 1.29 is 9.53 Å². The summed E-state index contributed by atoms with van der Waals surface area (Å²) in [6, 6.07) is 6.30. The second kappa shape index (κ2) is 11.7. The van der Waals surface area contributed by atoms with Crippen LogP contribution in [0.4, 0.5) is 0 Å². The van der Waals surface area contributed by atoms with Gasteiger partial charge in [-0.25, -0.2) is 0 Å². The number of nitrogens with zero attached hydrogens (tertiary/aromatic N) is 3. The van der Waals surface area contributed by atoms with Gasteiger partial charge in [0.05, 0.1) is 12.6 Å². The molecule has 29 heavy (non-hydrogen) atoms. The maximum Gasteiger partial charge on any atom is 0.239 e. The number of hydrogen-bond acceptors (Lipinski definition) is 4. The summed E-state index contributed by atoms with van der Waals surface area (Å²) >= 11 is 0. The van der Waals surface area contributed by atoms with Gasteiger partial charge in [-0.2, -0.15) is 0 Å². The van der Waals surface area contributed by atoms with Crippen LogP contribution in [0.1, 0.15) is 37.3 Å². The number of aryl methyl sites for hydroxylation is 1. The number of carbonyl (C=O) groups excluding carboxylic acids is 1. The van der Waals surface area contributed by atoms with E-state index in [9.17, 15) is 4.79 Å². The van der Waals surface area contributed by atoms with Crippen molar-refractivity contribution in [2.75, 3.05) is 47.4 Å². The van der Waals surface area contributed by atoms with Crippen LogP contribution in [-0.4, -0.2) is 75.1 Å². The molecule has 1 aliphatic rings. The predicted octanol–water partition coefficient (Wildman–Crippen LogP) is 2.00. The number of likely N-dealkylation sites (N-methyl/N-ethyl adjacent to an activating group) is 1. The molecule has 1 fully saturated rings. The van der Waals surface area contributed by atoms with E-state index in [2.05, 4.69) is 45.6 Å². The van der Waals surface area contributed by atoms with Gasteiger partial charge in [-0.05, 0) is 51.3 Å². The molecule has 0 bridgehead atoms. The van der Waals surface area contributed by atoms with Crippen LogP contribution in [0.2, 0.25) is 0 Å². The van der Waals surface area contributed by atoms with Crippen LogP contribution in [0.3, 0.4) is 0 Å². The van der Waals surface area contributed by atoms with E-state index >= 15 is 0 Å². The number of nitrogens with one attached hydrogen (secondary N) is 2. The summed E-state index contributed by atoms with van der Waals surface area (Å²) < 4.78 is 5.75. The molecule has 162 valence electrons. The van der Waals surface area contributed by atoms with Crippen molar-refractivity contribution in [2.45, 2.75) is 45.7 Å². The molecule has 1 heterocycles. The van der Waals surface area contributed by atoms with E-state index < -0.39 is 0 Å². The molecular formula is C22H37N5O2. The Morgan fingerprint density at radius 3 is 2.83 bits per heavy atom. The summed E-state index contributed by atoms with van der Waals surface area (Å²) in [5.41, 5.74) is 2.30. The zero-order chi connectivity index (χ0) is 21.2. The highest BCUT2D eigenvalue weighted by atomic mass is 16.5. The first-order valence-corrected chi connectivity index (χ1v) is 10.6. The van der Waals surface area contributed by atoms with Crippen LogP contribution >= 0.6 is 0 Å². The highest BCUT2D eigenvalue weighted by molar-refractivity contribution is 5.81. The lowest BCUT2D eigenvalue weighted by atomic mass is 10.1. The monoisotopic (exact) mass is 403 g/mol. The highest BCUT2D eigenvalue weighted by Crippen LogP contribution is 2.20.